The highest BCUT2D eigenvalue weighted by Crippen LogP contribution is 2.27. The van der Waals surface area contributed by atoms with Crippen molar-refractivity contribution in [1.29, 1.82) is 0 Å². The molecule has 1 aromatic heterocycles. The Bertz CT molecular complexity index is 556. The van der Waals surface area contributed by atoms with Crippen LogP contribution in [0.15, 0.2) is 54.6 Å². The van der Waals surface area contributed by atoms with Crippen molar-refractivity contribution in [2.24, 2.45) is 5.92 Å². The topological polar surface area (TPSA) is 12.0 Å². The van der Waals surface area contributed by atoms with E-state index in [9.17, 15) is 0 Å². The van der Waals surface area contributed by atoms with E-state index >= 15 is 0 Å². The molecule has 0 aliphatic heterocycles. The highest BCUT2D eigenvalue weighted by molar-refractivity contribution is 7.15. The molecule has 1 heterocycles. The van der Waals surface area contributed by atoms with Crippen molar-refractivity contribution in [2.75, 3.05) is 6.54 Å². The first kappa shape index (κ1) is 13.6. The van der Waals surface area contributed by atoms with Crippen molar-refractivity contribution in [1.82, 2.24) is 5.32 Å². The molecule has 1 N–H and O–H groups in total. The fraction of sp³-hybridized carbons (Fsp3) is 0.333. The van der Waals surface area contributed by atoms with Crippen molar-refractivity contribution < 1.29 is 0 Å². The maximum absolute atomic E-state index is 3.61. The lowest BCUT2D eigenvalue weighted by Crippen LogP contribution is -2.22. The fourth-order valence-electron chi connectivity index (χ4n) is 2.67. The molecule has 104 valence electrons. The summed E-state index contributed by atoms with van der Waals surface area (Å²) >= 11 is 1.90. The molecule has 0 radical (unpaired) electrons. The van der Waals surface area contributed by atoms with Crippen molar-refractivity contribution in [3.05, 3.63) is 59.5 Å². The first-order chi connectivity index (χ1) is 9.92. The molecule has 0 saturated carbocycles. The molecule has 0 spiro atoms. The minimum Gasteiger partial charge on any atom is -0.312 e. The van der Waals surface area contributed by atoms with Crippen molar-refractivity contribution >= 4 is 11.3 Å². The third-order valence-electron chi connectivity index (χ3n) is 3.83. The highest BCUT2D eigenvalue weighted by Gasteiger charge is 2.09. The number of thiophene rings is 1. The van der Waals surface area contributed by atoms with Crippen LogP contribution in [0.5, 0.6) is 0 Å². The van der Waals surface area contributed by atoms with E-state index in [1.165, 1.54) is 34.6 Å². The van der Waals surface area contributed by atoms with Gasteiger partial charge in [0.15, 0.2) is 0 Å². The second kappa shape index (κ2) is 6.87. The van der Waals surface area contributed by atoms with Crippen LogP contribution in [0.1, 0.15) is 24.1 Å². The third kappa shape index (κ3) is 3.59. The summed E-state index contributed by atoms with van der Waals surface area (Å²) < 4.78 is 0. The van der Waals surface area contributed by atoms with Gasteiger partial charge in [0.1, 0.15) is 0 Å². The molecule has 1 unspecified atom stereocenters. The molecule has 0 saturated heterocycles. The smallest absolute Gasteiger partial charge is 0.0346 e. The van der Waals surface area contributed by atoms with Gasteiger partial charge in [-0.05, 0) is 49.4 Å². The molecule has 1 atom stereocenters. The molecule has 1 aliphatic carbocycles. The van der Waals surface area contributed by atoms with Gasteiger partial charge in [0, 0.05) is 16.3 Å². The molecule has 0 fully saturated rings. The Balaban J connectivity index is 1.51. The maximum atomic E-state index is 3.61. The van der Waals surface area contributed by atoms with Gasteiger partial charge in [-0.15, -0.1) is 11.3 Å². The standard InChI is InChI=1S/C18H21NS/c1-3-7-15(8-4-1)13-19-14-17-11-12-18(20-17)16-9-5-2-6-10-16/h1-3,5-6,9-12,15,19H,4,7-8,13-14H2. The van der Waals surface area contributed by atoms with E-state index in [1.54, 1.807) is 0 Å². The Hall–Kier alpha value is -1.38. The Morgan fingerprint density at radius 1 is 1.05 bits per heavy atom. The molecular formula is C18H21NS. The van der Waals surface area contributed by atoms with Gasteiger partial charge in [-0.1, -0.05) is 42.5 Å². The first-order valence-corrected chi connectivity index (χ1v) is 8.23. The predicted octanol–water partition coefficient (Wildman–Crippen LogP) is 4.86. The molecule has 3 rings (SSSR count). The Morgan fingerprint density at radius 3 is 2.75 bits per heavy atom. The van der Waals surface area contributed by atoms with Gasteiger partial charge in [0.25, 0.3) is 0 Å². The van der Waals surface area contributed by atoms with Crippen molar-refractivity contribution in [3.63, 3.8) is 0 Å². The lowest BCUT2D eigenvalue weighted by atomic mass is 9.94. The zero-order chi connectivity index (χ0) is 13.6. The highest BCUT2D eigenvalue weighted by atomic mass is 32.1. The second-order valence-electron chi connectivity index (χ2n) is 5.41. The van der Waals surface area contributed by atoms with Crippen LogP contribution in [0, 0.1) is 5.92 Å². The van der Waals surface area contributed by atoms with Crippen molar-refractivity contribution in [3.8, 4) is 10.4 Å². The van der Waals surface area contributed by atoms with E-state index in [4.69, 9.17) is 0 Å². The van der Waals surface area contributed by atoms with E-state index in [0.29, 0.717) is 0 Å². The average molecular weight is 283 g/mol. The van der Waals surface area contributed by atoms with E-state index in [1.807, 2.05) is 11.3 Å². The van der Waals surface area contributed by atoms with Gasteiger partial charge in [-0.3, -0.25) is 0 Å². The van der Waals surface area contributed by atoms with E-state index in [0.717, 1.165) is 19.0 Å². The quantitative estimate of drug-likeness (QED) is 0.773. The molecule has 2 heteroatoms. The summed E-state index contributed by atoms with van der Waals surface area (Å²) in [6, 6.07) is 15.1. The molecule has 1 aromatic carbocycles. The molecule has 1 aliphatic rings. The number of hydrogen-bond acceptors (Lipinski definition) is 2. The van der Waals surface area contributed by atoms with Crippen LogP contribution in [0.4, 0.5) is 0 Å². The largest absolute Gasteiger partial charge is 0.312 e. The number of nitrogens with one attached hydrogen (secondary N) is 1. The van der Waals surface area contributed by atoms with Gasteiger partial charge >= 0.3 is 0 Å². The lowest BCUT2D eigenvalue weighted by Gasteiger charge is -2.17. The molecule has 0 amide bonds. The molecule has 20 heavy (non-hydrogen) atoms. The van der Waals surface area contributed by atoms with E-state index < -0.39 is 0 Å². The van der Waals surface area contributed by atoms with Gasteiger partial charge in [0.2, 0.25) is 0 Å². The molecule has 1 nitrogen and oxygen atoms in total. The normalized spacial score (nSPS) is 18.3. The Labute approximate surface area is 125 Å². The van der Waals surface area contributed by atoms with Crippen LogP contribution < -0.4 is 5.32 Å². The monoisotopic (exact) mass is 283 g/mol. The summed E-state index contributed by atoms with van der Waals surface area (Å²) in [5, 5.41) is 3.61. The Morgan fingerprint density at radius 2 is 1.95 bits per heavy atom. The minimum absolute atomic E-state index is 0.827. The third-order valence-corrected chi connectivity index (χ3v) is 4.96. The minimum atomic E-state index is 0.827. The predicted molar refractivity (Wildman–Crippen MR) is 87.9 cm³/mol. The molecule has 2 aromatic rings. The van der Waals surface area contributed by atoms with E-state index in [2.05, 4.69) is 59.9 Å². The number of hydrogen-bond donors (Lipinski definition) is 1. The van der Waals surface area contributed by atoms with Gasteiger partial charge in [0.05, 0.1) is 0 Å². The average Bonchev–Trinajstić information content (AvgIpc) is 2.98. The summed E-state index contributed by atoms with van der Waals surface area (Å²) in [5.74, 6) is 0.827. The van der Waals surface area contributed by atoms with Crippen LogP contribution >= 0.6 is 11.3 Å². The van der Waals surface area contributed by atoms with Crippen LogP contribution in [0.2, 0.25) is 0 Å². The first-order valence-electron chi connectivity index (χ1n) is 7.41. The fourth-order valence-corrected chi connectivity index (χ4v) is 3.65. The second-order valence-corrected chi connectivity index (χ2v) is 6.58. The van der Waals surface area contributed by atoms with Gasteiger partial charge in [-0.25, -0.2) is 0 Å². The number of allylic oxidation sites excluding steroid dienone is 2. The van der Waals surface area contributed by atoms with Crippen LogP contribution in [-0.4, -0.2) is 6.54 Å². The molecular weight excluding hydrogens is 262 g/mol. The summed E-state index contributed by atoms with van der Waals surface area (Å²) in [4.78, 5) is 2.79. The Kier molecular flexibility index (Phi) is 4.67. The summed E-state index contributed by atoms with van der Waals surface area (Å²) in [6.45, 7) is 2.14. The van der Waals surface area contributed by atoms with Crippen LogP contribution in [0.3, 0.4) is 0 Å². The van der Waals surface area contributed by atoms with Crippen LogP contribution in [0.25, 0.3) is 10.4 Å². The summed E-state index contributed by atoms with van der Waals surface area (Å²) in [5.41, 5.74) is 1.32. The van der Waals surface area contributed by atoms with E-state index in [-0.39, 0.29) is 0 Å². The SMILES string of the molecule is C1=CCC(CNCc2ccc(-c3ccccc3)s2)CC1. The molecule has 0 bridgehead atoms. The number of rotatable bonds is 5. The summed E-state index contributed by atoms with van der Waals surface area (Å²) in [7, 11) is 0. The van der Waals surface area contributed by atoms with Crippen LogP contribution in [-0.2, 0) is 6.54 Å². The zero-order valence-corrected chi connectivity index (χ0v) is 12.5. The van der Waals surface area contributed by atoms with Gasteiger partial charge in [-0.2, -0.15) is 0 Å². The number of benzene rings is 1. The zero-order valence-electron chi connectivity index (χ0n) is 11.7. The lowest BCUT2D eigenvalue weighted by molar-refractivity contribution is 0.441. The maximum Gasteiger partial charge on any atom is 0.0346 e. The van der Waals surface area contributed by atoms with Gasteiger partial charge < -0.3 is 5.32 Å². The van der Waals surface area contributed by atoms with Crippen molar-refractivity contribution in [2.45, 2.75) is 25.8 Å². The summed E-state index contributed by atoms with van der Waals surface area (Å²) in [6.07, 6.45) is 8.47.